The molecule has 0 radical (unpaired) electrons. The standard InChI is InChI=1S/C72H94N14O15/c1-81(2)52-22-16-49(17-23-52)66(50-18-24-53(25-19-50)82(3)4)51-20-26-54(27-21-51)101-44-8-15-61(90)73-28-29-74-62(91)45-83-36-38-84(46-63(92)75-30-33-78-70(98)55-9-5-12-58(87)67(55)95)40-42-86(48-65(94)77-32-35-80-72(100)57-11-7-14-60(89)69(57)97)43-41-85(39-37-83)47-64(93)76-31-34-79-71(99)56-10-6-13-59(88)68(56)96/h5-7,9-14,16-27,66,87-89,95-97H,8,15,28-48H2,1-4H3,(H,73,90)(H,74,91)(H,75,92)(H,76,93)(H,77,94)(H,78,98)(H,79,99)(H,80,100). The lowest BCUT2D eigenvalue weighted by Gasteiger charge is -2.33. The first kappa shape index (κ1) is 77.5. The molecule has 0 saturated carbocycles. The SMILES string of the molecule is CN(C)c1ccc(C(c2ccc(OCCCC(=O)NCCNC(=O)CN3CCN(CC(=O)NCCNC(=O)c4cccc(O)c4O)CCN(CC(=O)NCCNC(=O)c4cccc(O)c4O)CCN(CC(=O)NCCNC(=O)c4cccc(O)c4O)CC3)cc2)c2ccc(N(C)C)cc2)cc1. The number of nitrogens with one attached hydrogen (secondary N) is 8. The number of phenolic OH excluding ortho intramolecular Hbond substituents is 6. The van der Waals surface area contributed by atoms with Crippen molar-refractivity contribution in [3.05, 3.63) is 161 Å². The Morgan fingerprint density at radius 2 is 0.634 bits per heavy atom. The topological polar surface area (TPSA) is 383 Å². The van der Waals surface area contributed by atoms with Crippen LogP contribution in [-0.4, -0.2) is 263 Å². The Hall–Kier alpha value is -10.9. The van der Waals surface area contributed by atoms with E-state index >= 15 is 0 Å². The molecule has 29 nitrogen and oxygen atoms in total. The van der Waals surface area contributed by atoms with Crippen LogP contribution < -0.4 is 57.1 Å². The van der Waals surface area contributed by atoms with Crippen LogP contribution in [0.5, 0.6) is 40.2 Å². The van der Waals surface area contributed by atoms with Crippen molar-refractivity contribution in [2.75, 3.05) is 175 Å². The Morgan fingerprint density at radius 3 is 0.921 bits per heavy atom. The molecule has 8 amide bonds. The van der Waals surface area contributed by atoms with E-state index in [1.165, 1.54) is 54.6 Å². The summed E-state index contributed by atoms with van der Waals surface area (Å²) in [6.45, 7) is 1.81. The molecule has 0 aliphatic carbocycles. The van der Waals surface area contributed by atoms with E-state index in [1.807, 2.05) is 59.9 Å². The minimum Gasteiger partial charge on any atom is -0.504 e. The number of para-hydroxylation sites is 3. The maximum Gasteiger partial charge on any atom is 0.255 e. The number of hydrogen-bond donors (Lipinski definition) is 14. The highest BCUT2D eigenvalue weighted by atomic mass is 16.5. The van der Waals surface area contributed by atoms with Gasteiger partial charge in [-0.15, -0.1) is 0 Å². The summed E-state index contributed by atoms with van der Waals surface area (Å²) in [6, 6.07) is 37.0. The summed E-state index contributed by atoms with van der Waals surface area (Å²) < 4.78 is 6.07. The van der Waals surface area contributed by atoms with Gasteiger partial charge in [-0.3, -0.25) is 58.0 Å². The van der Waals surface area contributed by atoms with Gasteiger partial charge in [0.05, 0.1) is 49.5 Å². The van der Waals surface area contributed by atoms with Crippen molar-refractivity contribution < 1.29 is 73.7 Å². The molecule has 101 heavy (non-hydrogen) atoms. The van der Waals surface area contributed by atoms with Crippen LogP contribution in [0.25, 0.3) is 0 Å². The molecule has 1 saturated heterocycles. The van der Waals surface area contributed by atoms with E-state index in [-0.39, 0.29) is 172 Å². The van der Waals surface area contributed by atoms with Crippen LogP contribution in [0.2, 0.25) is 0 Å². The van der Waals surface area contributed by atoms with Crippen LogP contribution in [-0.2, 0) is 24.0 Å². The largest absolute Gasteiger partial charge is 0.504 e. The predicted octanol–water partition coefficient (Wildman–Crippen LogP) is 1.48. The van der Waals surface area contributed by atoms with Gasteiger partial charge in [0, 0.05) is 157 Å². The Kier molecular flexibility index (Phi) is 30.4. The van der Waals surface area contributed by atoms with Crippen molar-refractivity contribution in [2.45, 2.75) is 18.8 Å². The number of carbonyl (C=O) groups excluding carboxylic acids is 8. The number of rotatable bonds is 33. The van der Waals surface area contributed by atoms with E-state index in [0.29, 0.717) is 18.8 Å². The van der Waals surface area contributed by atoms with Crippen LogP contribution in [0.15, 0.2) is 127 Å². The third-order valence-electron chi connectivity index (χ3n) is 16.7. The van der Waals surface area contributed by atoms with Gasteiger partial charge in [0.25, 0.3) is 17.7 Å². The van der Waals surface area contributed by atoms with Gasteiger partial charge >= 0.3 is 0 Å². The van der Waals surface area contributed by atoms with Gasteiger partial charge < -0.3 is 87.7 Å². The molecule has 1 heterocycles. The van der Waals surface area contributed by atoms with E-state index in [9.17, 15) is 69.0 Å². The van der Waals surface area contributed by atoms with Crippen molar-refractivity contribution in [1.82, 2.24) is 62.1 Å². The summed E-state index contributed by atoms with van der Waals surface area (Å²) in [5.74, 6) is -6.36. The molecular formula is C72H94N14O15. The maximum absolute atomic E-state index is 13.7. The first-order valence-electron chi connectivity index (χ1n) is 33.4. The predicted molar refractivity (Wildman–Crippen MR) is 381 cm³/mol. The summed E-state index contributed by atoms with van der Waals surface area (Å²) in [4.78, 5) is 117. The van der Waals surface area contributed by atoms with E-state index in [2.05, 4.69) is 113 Å². The average molecular weight is 1400 g/mol. The fraction of sp³-hybridized carbons (Fsp3) is 0.389. The second-order valence-corrected chi connectivity index (χ2v) is 24.6. The average Bonchev–Trinajstić information content (AvgIpc) is 0.805. The minimum atomic E-state index is -0.676. The highest BCUT2D eigenvalue weighted by molar-refractivity contribution is 5.99. The van der Waals surface area contributed by atoms with Crippen LogP contribution in [0.4, 0.5) is 11.4 Å². The first-order chi connectivity index (χ1) is 48.5. The molecule has 542 valence electrons. The lowest BCUT2D eigenvalue weighted by molar-refractivity contribution is -0.125. The second kappa shape index (κ2) is 39.6. The van der Waals surface area contributed by atoms with Gasteiger partial charge in [-0.1, -0.05) is 54.6 Å². The number of phenols is 6. The fourth-order valence-electron chi connectivity index (χ4n) is 11.0. The zero-order chi connectivity index (χ0) is 72.8. The monoisotopic (exact) mass is 1390 g/mol. The van der Waals surface area contributed by atoms with E-state index in [0.717, 1.165) is 28.1 Å². The number of amides is 8. The minimum absolute atomic E-state index is 0.00159. The van der Waals surface area contributed by atoms with E-state index in [1.54, 1.807) is 0 Å². The molecule has 7 rings (SSSR count). The third-order valence-corrected chi connectivity index (χ3v) is 16.7. The van der Waals surface area contributed by atoms with Crippen LogP contribution in [0.1, 0.15) is 66.5 Å². The van der Waals surface area contributed by atoms with Crippen molar-refractivity contribution in [2.24, 2.45) is 0 Å². The smallest absolute Gasteiger partial charge is 0.255 e. The van der Waals surface area contributed by atoms with Crippen molar-refractivity contribution >= 4 is 58.6 Å². The molecule has 0 bridgehead atoms. The molecule has 0 unspecified atom stereocenters. The van der Waals surface area contributed by atoms with Crippen LogP contribution >= 0.6 is 0 Å². The van der Waals surface area contributed by atoms with E-state index < -0.39 is 69.9 Å². The number of carbonyl (C=O) groups is 8. The number of aromatic hydroxyl groups is 6. The van der Waals surface area contributed by atoms with Gasteiger partial charge in [0.2, 0.25) is 29.5 Å². The normalized spacial score (nSPS) is 13.3. The van der Waals surface area contributed by atoms with E-state index in [4.69, 9.17) is 4.74 Å². The zero-order valence-electron chi connectivity index (χ0n) is 57.5. The number of benzene rings is 6. The summed E-state index contributed by atoms with van der Waals surface area (Å²) in [5, 5.41) is 82.0. The fourth-order valence-corrected chi connectivity index (χ4v) is 11.0. The zero-order valence-corrected chi connectivity index (χ0v) is 57.5. The number of hydrogen-bond acceptors (Lipinski definition) is 21. The molecule has 14 N–H and O–H groups in total. The molecular weight excluding hydrogens is 1300 g/mol. The van der Waals surface area contributed by atoms with Crippen molar-refractivity contribution in [3.8, 4) is 40.2 Å². The second-order valence-electron chi connectivity index (χ2n) is 24.6. The quantitative estimate of drug-likeness (QED) is 0.0158. The van der Waals surface area contributed by atoms with Gasteiger partial charge in [-0.05, 0) is 95.9 Å². The highest BCUT2D eigenvalue weighted by Gasteiger charge is 2.24. The summed E-state index contributed by atoms with van der Waals surface area (Å²) in [6.07, 6.45) is 0.625. The Bertz CT molecular complexity index is 3580. The summed E-state index contributed by atoms with van der Waals surface area (Å²) >= 11 is 0. The number of anilines is 2. The lowest BCUT2D eigenvalue weighted by Crippen LogP contribution is -2.52. The van der Waals surface area contributed by atoms with Gasteiger partial charge in [0.15, 0.2) is 34.5 Å². The van der Waals surface area contributed by atoms with Gasteiger partial charge in [-0.25, -0.2) is 0 Å². The number of nitrogens with zero attached hydrogens (tertiary/aromatic N) is 6. The highest BCUT2D eigenvalue weighted by Crippen LogP contribution is 2.35. The third kappa shape index (κ3) is 25.1. The van der Waals surface area contributed by atoms with Crippen molar-refractivity contribution in [3.63, 3.8) is 0 Å². The van der Waals surface area contributed by atoms with Gasteiger partial charge in [0.1, 0.15) is 5.75 Å². The van der Waals surface area contributed by atoms with Crippen LogP contribution in [0.3, 0.4) is 0 Å². The molecule has 29 heteroatoms. The lowest BCUT2D eigenvalue weighted by atomic mass is 9.85. The molecule has 1 fully saturated rings. The van der Waals surface area contributed by atoms with Crippen molar-refractivity contribution in [1.29, 1.82) is 0 Å². The van der Waals surface area contributed by atoms with Crippen LogP contribution in [0, 0.1) is 0 Å². The molecule has 0 spiro atoms. The molecule has 6 aromatic rings. The molecule has 6 aromatic carbocycles. The summed E-state index contributed by atoms with van der Waals surface area (Å²) in [5.41, 5.74) is 5.16. The first-order valence-corrected chi connectivity index (χ1v) is 33.4. The Balaban J connectivity index is 0.943. The van der Waals surface area contributed by atoms with Gasteiger partial charge in [-0.2, -0.15) is 0 Å². The summed E-state index contributed by atoms with van der Waals surface area (Å²) in [7, 11) is 8.06. The molecule has 0 aromatic heterocycles. The molecule has 1 aliphatic rings. The molecule has 1 aliphatic heterocycles. The maximum atomic E-state index is 13.7. The number of ether oxygens (including phenoxy) is 1. The Morgan fingerprint density at radius 1 is 0.366 bits per heavy atom. The molecule has 0 atom stereocenters. The Labute approximate surface area is 587 Å².